The molecule has 2 aromatic carbocycles. The van der Waals surface area contributed by atoms with Crippen molar-refractivity contribution in [3.8, 4) is 11.5 Å². The Morgan fingerprint density at radius 2 is 1.86 bits per heavy atom. The van der Waals surface area contributed by atoms with Gasteiger partial charge in [-0.3, -0.25) is 0 Å². The minimum atomic E-state index is 0.718. The molecule has 110 valence electrons. The minimum absolute atomic E-state index is 0.718. The highest BCUT2D eigenvalue weighted by Crippen LogP contribution is 2.30. The number of fused-ring (bicyclic) bond motifs is 1. The third kappa shape index (κ3) is 3.50. The number of nitrogens with one attached hydrogen (secondary N) is 1. The predicted molar refractivity (Wildman–Crippen MR) is 88.3 cm³/mol. The lowest BCUT2D eigenvalue weighted by molar-refractivity contribution is 0.297. The fourth-order valence-electron chi connectivity index (χ4n) is 2.34. The van der Waals surface area contributed by atoms with Crippen LogP contribution in [0.2, 0.25) is 0 Å². The first kappa shape index (κ1) is 14.3. The number of benzene rings is 2. The van der Waals surface area contributed by atoms with Crippen molar-refractivity contribution in [3.05, 3.63) is 52.0 Å². The molecule has 0 aromatic heterocycles. The first-order chi connectivity index (χ1) is 10.2. The summed E-state index contributed by atoms with van der Waals surface area (Å²) in [4.78, 5) is 0. The highest BCUT2D eigenvalue weighted by atomic mass is 79.9. The maximum atomic E-state index is 5.72. The molecule has 0 bridgehead atoms. The van der Waals surface area contributed by atoms with Gasteiger partial charge in [0, 0.05) is 23.1 Å². The third-order valence-corrected chi connectivity index (χ3v) is 3.98. The first-order valence-electron chi connectivity index (χ1n) is 7.11. The molecule has 0 saturated heterocycles. The largest absolute Gasteiger partial charge is 0.490 e. The molecule has 1 aliphatic rings. The third-order valence-electron chi connectivity index (χ3n) is 3.48. The van der Waals surface area contributed by atoms with Gasteiger partial charge in [0.1, 0.15) is 0 Å². The standard InChI is InChI=1S/C17H18BrNO2/c1-12-9-14(18)4-5-15(12)19-11-13-3-6-16-17(10-13)21-8-2-7-20-16/h3-6,9-10,19H,2,7-8,11H2,1H3. The second-order valence-corrected chi connectivity index (χ2v) is 6.06. The van der Waals surface area contributed by atoms with E-state index in [0.29, 0.717) is 0 Å². The van der Waals surface area contributed by atoms with Gasteiger partial charge in [0.15, 0.2) is 11.5 Å². The summed E-state index contributed by atoms with van der Waals surface area (Å²) < 4.78 is 12.5. The van der Waals surface area contributed by atoms with Crippen LogP contribution in [0.5, 0.6) is 11.5 Å². The minimum Gasteiger partial charge on any atom is -0.490 e. The van der Waals surface area contributed by atoms with E-state index in [1.54, 1.807) is 0 Å². The lowest BCUT2D eigenvalue weighted by atomic mass is 10.1. The van der Waals surface area contributed by atoms with Crippen LogP contribution in [0.1, 0.15) is 17.5 Å². The highest BCUT2D eigenvalue weighted by molar-refractivity contribution is 9.10. The van der Waals surface area contributed by atoms with E-state index in [4.69, 9.17) is 9.47 Å². The van der Waals surface area contributed by atoms with E-state index in [0.717, 1.165) is 47.8 Å². The summed E-state index contributed by atoms with van der Waals surface area (Å²) in [5, 5.41) is 3.46. The molecule has 0 atom stereocenters. The number of halogens is 1. The molecule has 0 aliphatic carbocycles. The molecule has 21 heavy (non-hydrogen) atoms. The molecule has 0 unspecified atom stereocenters. The van der Waals surface area contributed by atoms with Gasteiger partial charge >= 0.3 is 0 Å². The Bertz CT molecular complexity index is 643. The van der Waals surface area contributed by atoms with Gasteiger partial charge in [-0.25, -0.2) is 0 Å². The van der Waals surface area contributed by atoms with E-state index in [2.05, 4.69) is 52.4 Å². The summed E-state index contributed by atoms with van der Waals surface area (Å²) in [5.74, 6) is 1.69. The lowest BCUT2D eigenvalue weighted by Gasteiger charge is -2.12. The van der Waals surface area contributed by atoms with Crippen LogP contribution in [-0.4, -0.2) is 13.2 Å². The molecular formula is C17H18BrNO2. The Morgan fingerprint density at radius 1 is 1.05 bits per heavy atom. The lowest BCUT2D eigenvalue weighted by Crippen LogP contribution is -2.02. The second kappa shape index (κ2) is 6.39. The number of hydrogen-bond donors (Lipinski definition) is 1. The normalized spacial score (nSPS) is 13.6. The van der Waals surface area contributed by atoms with Crippen LogP contribution in [0.15, 0.2) is 40.9 Å². The van der Waals surface area contributed by atoms with Crippen molar-refractivity contribution in [2.24, 2.45) is 0 Å². The van der Waals surface area contributed by atoms with E-state index in [1.165, 1.54) is 11.1 Å². The Balaban J connectivity index is 1.72. The Kier molecular flexibility index (Phi) is 4.34. The molecule has 4 heteroatoms. The molecule has 0 amide bonds. The van der Waals surface area contributed by atoms with Crippen LogP contribution < -0.4 is 14.8 Å². The van der Waals surface area contributed by atoms with Crippen LogP contribution in [0.25, 0.3) is 0 Å². The van der Waals surface area contributed by atoms with Crippen LogP contribution in [0.4, 0.5) is 5.69 Å². The molecule has 3 nitrogen and oxygen atoms in total. The molecule has 1 N–H and O–H groups in total. The molecule has 0 spiro atoms. The quantitative estimate of drug-likeness (QED) is 0.884. The van der Waals surface area contributed by atoms with Crippen molar-refractivity contribution in [2.75, 3.05) is 18.5 Å². The van der Waals surface area contributed by atoms with Gasteiger partial charge < -0.3 is 14.8 Å². The fraction of sp³-hybridized carbons (Fsp3) is 0.294. The first-order valence-corrected chi connectivity index (χ1v) is 7.90. The molecule has 1 aliphatic heterocycles. The monoisotopic (exact) mass is 347 g/mol. The van der Waals surface area contributed by atoms with E-state index in [9.17, 15) is 0 Å². The van der Waals surface area contributed by atoms with Gasteiger partial charge in [-0.1, -0.05) is 22.0 Å². The zero-order valence-electron chi connectivity index (χ0n) is 12.0. The zero-order chi connectivity index (χ0) is 14.7. The second-order valence-electron chi connectivity index (χ2n) is 5.14. The average molecular weight is 348 g/mol. The fourth-order valence-corrected chi connectivity index (χ4v) is 2.82. The SMILES string of the molecule is Cc1cc(Br)ccc1NCc1ccc2c(c1)OCCCO2. The molecule has 0 saturated carbocycles. The molecule has 2 aromatic rings. The number of hydrogen-bond acceptors (Lipinski definition) is 3. The number of anilines is 1. The molecular weight excluding hydrogens is 330 g/mol. The summed E-state index contributed by atoms with van der Waals surface area (Å²) in [7, 11) is 0. The molecule has 0 fully saturated rings. The average Bonchev–Trinajstić information content (AvgIpc) is 2.71. The van der Waals surface area contributed by atoms with Gasteiger partial charge in [0.25, 0.3) is 0 Å². The molecule has 3 rings (SSSR count). The number of ether oxygens (including phenoxy) is 2. The highest BCUT2D eigenvalue weighted by Gasteiger charge is 2.10. The summed E-state index contributed by atoms with van der Waals surface area (Å²) in [5.41, 5.74) is 3.55. The number of aryl methyl sites for hydroxylation is 1. The van der Waals surface area contributed by atoms with Gasteiger partial charge in [-0.2, -0.15) is 0 Å². The zero-order valence-corrected chi connectivity index (χ0v) is 13.6. The molecule has 1 heterocycles. The topological polar surface area (TPSA) is 30.5 Å². The van der Waals surface area contributed by atoms with Gasteiger partial charge in [-0.15, -0.1) is 0 Å². The van der Waals surface area contributed by atoms with Crippen LogP contribution in [-0.2, 0) is 6.54 Å². The van der Waals surface area contributed by atoms with Gasteiger partial charge in [0.05, 0.1) is 13.2 Å². The van der Waals surface area contributed by atoms with Crippen molar-refractivity contribution in [3.63, 3.8) is 0 Å². The van der Waals surface area contributed by atoms with E-state index in [1.807, 2.05) is 12.1 Å². The van der Waals surface area contributed by atoms with Crippen molar-refractivity contribution in [1.82, 2.24) is 0 Å². The summed E-state index contributed by atoms with van der Waals surface area (Å²) >= 11 is 3.48. The Morgan fingerprint density at radius 3 is 2.67 bits per heavy atom. The Hall–Kier alpha value is -1.68. The summed E-state index contributed by atoms with van der Waals surface area (Å²) in [6, 6.07) is 12.4. The molecule has 0 radical (unpaired) electrons. The van der Waals surface area contributed by atoms with Crippen LogP contribution in [0, 0.1) is 6.92 Å². The summed E-state index contributed by atoms with van der Waals surface area (Å²) in [6.07, 6.45) is 0.931. The van der Waals surface area contributed by atoms with E-state index < -0.39 is 0 Å². The maximum absolute atomic E-state index is 5.72. The van der Waals surface area contributed by atoms with Gasteiger partial charge in [0.2, 0.25) is 0 Å². The van der Waals surface area contributed by atoms with Crippen molar-refractivity contribution >= 4 is 21.6 Å². The van der Waals surface area contributed by atoms with E-state index >= 15 is 0 Å². The van der Waals surface area contributed by atoms with Gasteiger partial charge in [-0.05, 0) is 48.4 Å². The predicted octanol–water partition coefficient (Wildman–Crippen LogP) is 4.53. The number of rotatable bonds is 3. The smallest absolute Gasteiger partial charge is 0.161 e. The van der Waals surface area contributed by atoms with Crippen molar-refractivity contribution < 1.29 is 9.47 Å². The van der Waals surface area contributed by atoms with Crippen LogP contribution >= 0.6 is 15.9 Å². The van der Waals surface area contributed by atoms with Crippen molar-refractivity contribution in [2.45, 2.75) is 19.9 Å². The van der Waals surface area contributed by atoms with Crippen molar-refractivity contribution in [1.29, 1.82) is 0 Å². The van der Waals surface area contributed by atoms with Crippen LogP contribution in [0.3, 0.4) is 0 Å². The Labute approximate surface area is 133 Å². The summed E-state index contributed by atoms with van der Waals surface area (Å²) in [6.45, 7) is 4.30. The van der Waals surface area contributed by atoms with E-state index in [-0.39, 0.29) is 0 Å². The maximum Gasteiger partial charge on any atom is 0.161 e.